The van der Waals surface area contributed by atoms with Gasteiger partial charge < -0.3 is 14.6 Å². The van der Waals surface area contributed by atoms with E-state index < -0.39 is 18.0 Å². The number of aryl methyl sites for hydroxylation is 1. The molecule has 3 aromatic rings. The first-order chi connectivity index (χ1) is 12.4. The molecular formula is C17H16N4O5. The number of amides is 1. The van der Waals surface area contributed by atoms with Crippen molar-refractivity contribution < 1.29 is 18.8 Å². The lowest BCUT2D eigenvalue weighted by atomic mass is 10.2. The molecular weight excluding hydrogens is 340 g/mol. The lowest BCUT2D eigenvalue weighted by Gasteiger charge is -2.13. The average molecular weight is 356 g/mol. The molecule has 9 nitrogen and oxygen atoms in total. The van der Waals surface area contributed by atoms with Crippen molar-refractivity contribution in [2.24, 2.45) is 0 Å². The lowest BCUT2D eigenvalue weighted by molar-refractivity contribution is -0.153. The normalized spacial score (nSPS) is 11.9. The lowest BCUT2D eigenvalue weighted by Crippen LogP contribution is -2.33. The van der Waals surface area contributed by atoms with E-state index in [1.54, 1.807) is 31.2 Å². The minimum Gasteiger partial charge on any atom is -0.451 e. The van der Waals surface area contributed by atoms with Crippen LogP contribution >= 0.6 is 0 Å². The smallest absolute Gasteiger partial charge is 0.326 e. The number of benzene rings is 1. The van der Waals surface area contributed by atoms with Crippen LogP contribution in [-0.2, 0) is 20.9 Å². The van der Waals surface area contributed by atoms with Gasteiger partial charge in [-0.15, -0.1) is 0 Å². The number of hydrogen-bond donors (Lipinski definition) is 1. The van der Waals surface area contributed by atoms with E-state index in [9.17, 15) is 14.4 Å². The number of para-hydroxylation sites is 1. The van der Waals surface area contributed by atoms with Crippen LogP contribution in [0.15, 0.2) is 46.0 Å². The Labute approximate surface area is 147 Å². The van der Waals surface area contributed by atoms with Gasteiger partial charge in [-0.2, -0.15) is 0 Å². The second kappa shape index (κ2) is 7.18. The van der Waals surface area contributed by atoms with Crippen molar-refractivity contribution in [1.29, 1.82) is 0 Å². The molecule has 0 aliphatic heterocycles. The van der Waals surface area contributed by atoms with Crippen molar-refractivity contribution in [3.8, 4) is 0 Å². The van der Waals surface area contributed by atoms with Crippen LogP contribution in [0.5, 0.6) is 0 Å². The topological polar surface area (TPSA) is 116 Å². The van der Waals surface area contributed by atoms with Crippen LogP contribution in [-0.4, -0.2) is 32.7 Å². The summed E-state index contributed by atoms with van der Waals surface area (Å²) in [4.78, 5) is 40.5. The number of anilines is 1. The summed E-state index contributed by atoms with van der Waals surface area (Å²) >= 11 is 0. The van der Waals surface area contributed by atoms with E-state index in [1.807, 2.05) is 0 Å². The van der Waals surface area contributed by atoms with E-state index in [-0.39, 0.29) is 17.9 Å². The molecule has 2 heterocycles. The molecule has 1 aromatic carbocycles. The molecule has 0 unspecified atom stereocenters. The molecule has 0 saturated heterocycles. The molecule has 0 bridgehead atoms. The van der Waals surface area contributed by atoms with Crippen molar-refractivity contribution in [2.75, 3.05) is 5.32 Å². The van der Waals surface area contributed by atoms with Crippen molar-refractivity contribution in [3.63, 3.8) is 0 Å². The predicted molar refractivity (Wildman–Crippen MR) is 91.4 cm³/mol. The van der Waals surface area contributed by atoms with Crippen LogP contribution < -0.4 is 10.9 Å². The second-order valence-corrected chi connectivity index (χ2v) is 5.64. The van der Waals surface area contributed by atoms with Crippen LogP contribution in [0.2, 0.25) is 0 Å². The Morgan fingerprint density at radius 1 is 1.35 bits per heavy atom. The minimum absolute atomic E-state index is 0.227. The van der Waals surface area contributed by atoms with Gasteiger partial charge >= 0.3 is 5.97 Å². The maximum absolute atomic E-state index is 12.3. The Morgan fingerprint density at radius 3 is 2.85 bits per heavy atom. The number of nitrogens with zero attached hydrogens (tertiary/aromatic N) is 3. The van der Waals surface area contributed by atoms with Crippen LogP contribution in [0, 0.1) is 6.92 Å². The van der Waals surface area contributed by atoms with Gasteiger partial charge in [-0.1, -0.05) is 17.3 Å². The number of fused-ring (bicyclic) bond motifs is 1. The van der Waals surface area contributed by atoms with Gasteiger partial charge in [-0.3, -0.25) is 19.0 Å². The minimum atomic E-state index is -1.07. The number of hydrogen-bond acceptors (Lipinski definition) is 7. The summed E-state index contributed by atoms with van der Waals surface area (Å²) in [5, 5.41) is 6.49. The summed E-state index contributed by atoms with van der Waals surface area (Å²) in [5.74, 6) is -0.530. The van der Waals surface area contributed by atoms with Crippen LogP contribution in [0.25, 0.3) is 10.9 Å². The predicted octanol–water partition coefficient (Wildman–Crippen LogP) is 1.26. The van der Waals surface area contributed by atoms with Gasteiger partial charge in [0.1, 0.15) is 12.3 Å². The summed E-state index contributed by atoms with van der Waals surface area (Å²) in [6.07, 6.45) is 0.207. The van der Waals surface area contributed by atoms with E-state index >= 15 is 0 Å². The van der Waals surface area contributed by atoms with Crippen LogP contribution in [0.1, 0.15) is 12.7 Å². The van der Waals surface area contributed by atoms with Gasteiger partial charge in [0, 0.05) is 6.07 Å². The van der Waals surface area contributed by atoms with Gasteiger partial charge in [0.15, 0.2) is 11.9 Å². The molecule has 3 rings (SSSR count). The maximum Gasteiger partial charge on any atom is 0.326 e. The molecule has 134 valence electrons. The molecule has 0 aliphatic rings. The van der Waals surface area contributed by atoms with Crippen molar-refractivity contribution in [3.05, 3.63) is 52.8 Å². The molecule has 26 heavy (non-hydrogen) atoms. The molecule has 0 aliphatic carbocycles. The molecule has 1 N–H and O–H groups in total. The van der Waals surface area contributed by atoms with Crippen molar-refractivity contribution in [1.82, 2.24) is 14.7 Å². The quantitative estimate of drug-likeness (QED) is 0.684. The number of ether oxygens (including phenoxy) is 1. The van der Waals surface area contributed by atoms with Crippen LogP contribution in [0.4, 0.5) is 5.82 Å². The first kappa shape index (κ1) is 17.3. The van der Waals surface area contributed by atoms with Gasteiger partial charge in [-0.05, 0) is 26.0 Å². The van der Waals surface area contributed by atoms with E-state index in [0.717, 1.165) is 4.57 Å². The summed E-state index contributed by atoms with van der Waals surface area (Å²) < 4.78 is 11.0. The molecule has 1 amide bonds. The first-order valence-electron chi connectivity index (χ1n) is 7.82. The largest absolute Gasteiger partial charge is 0.451 e. The third-order valence-electron chi connectivity index (χ3n) is 3.59. The first-order valence-corrected chi connectivity index (χ1v) is 7.82. The van der Waals surface area contributed by atoms with E-state index in [0.29, 0.717) is 16.7 Å². The van der Waals surface area contributed by atoms with E-state index in [2.05, 4.69) is 15.5 Å². The average Bonchev–Trinajstić information content (AvgIpc) is 3.02. The zero-order valence-corrected chi connectivity index (χ0v) is 14.1. The molecule has 0 spiro atoms. The van der Waals surface area contributed by atoms with E-state index in [4.69, 9.17) is 9.26 Å². The molecule has 9 heteroatoms. The number of carbonyl (C=O) groups excluding carboxylic acids is 2. The fourth-order valence-electron chi connectivity index (χ4n) is 2.30. The molecule has 0 radical (unpaired) electrons. The summed E-state index contributed by atoms with van der Waals surface area (Å²) in [6.45, 7) is 2.75. The SMILES string of the molecule is Cc1cc(NC(=O)[C@@H](C)OC(=O)Cn2cnc3ccccc3c2=O)no1. The van der Waals surface area contributed by atoms with Gasteiger partial charge in [-0.25, -0.2) is 4.98 Å². The fraction of sp³-hybridized carbons (Fsp3) is 0.235. The number of carbonyl (C=O) groups is 2. The Balaban J connectivity index is 1.64. The molecule has 2 aromatic heterocycles. The van der Waals surface area contributed by atoms with Crippen molar-refractivity contribution >= 4 is 28.6 Å². The van der Waals surface area contributed by atoms with Gasteiger partial charge in [0.05, 0.1) is 17.2 Å². The molecule has 0 saturated carbocycles. The second-order valence-electron chi connectivity index (χ2n) is 5.64. The summed E-state index contributed by atoms with van der Waals surface area (Å²) in [5.41, 5.74) is 0.181. The number of aromatic nitrogens is 3. The Bertz CT molecular complexity index is 1020. The molecule has 1 atom stereocenters. The standard InChI is InChI=1S/C17H16N4O5/c1-10-7-14(20-26-10)19-16(23)11(2)25-15(22)8-21-9-18-13-6-4-3-5-12(13)17(21)24/h3-7,9,11H,8H2,1-2H3,(H,19,20,23)/t11-/m1/s1. The van der Waals surface area contributed by atoms with Gasteiger partial charge in [0.25, 0.3) is 11.5 Å². The summed E-state index contributed by atoms with van der Waals surface area (Å²) in [7, 11) is 0. The Hall–Kier alpha value is -3.49. The third-order valence-corrected chi connectivity index (χ3v) is 3.59. The highest BCUT2D eigenvalue weighted by molar-refractivity contribution is 5.94. The zero-order valence-electron chi connectivity index (χ0n) is 14.1. The van der Waals surface area contributed by atoms with E-state index in [1.165, 1.54) is 19.3 Å². The fourth-order valence-corrected chi connectivity index (χ4v) is 2.30. The highest BCUT2D eigenvalue weighted by Gasteiger charge is 2.20. The third kappa shape index (κ3) is 3.77. The van der Waals surface area contributed by atoms with Crippen molar-refractivity contribution in [2.45, 2.75) is 26.5 Å². The Kier molecular flexibility index (Phi) is 4.78. The zero-order chi connectivity index (χ0) is 18.7. The monoisotopic (exact) mass is 356 g/mol. The molecule has 0 fully saturated rings. The number of rotatable bonds is 5. The number of nitrogens with one attached hydrogen (secondary N) is 1. The van der Waals surface area contributed by atoms with Crippen LogP contribution in [0.3, 0.4) is 0 Å². The Morgan fingerprint density at radius 2 is 2.12 bits per heavy atom. The maximum atomic E-state index is 12.3. The summed E-state index contributed by atoms with van der Waals surface area (Å²) in [6, 6.07) is 8.35. The highest BCUT2D eigenvalue weighted by Crippen LogP contribution is 2.08. The highest BCUT2D eigenvalue weighted by atomic mass is 16.5. The van der Waals surface area contributed by atoms with Gasteiger partial charge in [0.2, 0.25) is 0 Å². The number of esters is 1.